The van der Waals surface area contributed by atoms with E-state index in [-0.39, 0.29) is 0 Å². The monoisotopic (exact) mass is 202 g/mol. The van der Waals surface area contributed by atoms with Gasteiger partial charge in [-0.25, -0.2) is 0 Å². The molecule has 0 fully saturated rings. The molecule has 0 saturated carbocycles. The summed E-state index contributed by atoms with van der Waals surface area (Å²) in [6, 6.07) is 0.623. The topological polar surface area (TPSA) is 24.5 Å². The summed E-state index contributed by atoms with van der Waals surface area (Å²) in [7, 11) is 4.12. The lowest BCUT2D eigenvalue weighted by Gasteiger charge is -2.13. The molecule has 0 aromatic carbocycles. The van der Waals surface area contributed by atoms with Gasteiger partial charge in [0.25, 0.3) is 0 Å². The maximum atomic E-state index is 5.47. The highest BCUT2D eigenvalue weighted by Crippen LogP contribution is 1.93. The van der Waals surface area contributed by atoms with E-state index in [1.54, 1.807) is 0 Å². The zero-order valence-corrected chi connectivity index (χ0v) is 10.2. The van der Waals surface area contributed by atoms with Gasteiger partial charge in [-0.2, -0.15) is 0 Å². The minimum atomic E-state index is 0.623. The molecule has 0 radical (unpaired) electrons. The molecule has 0 bridgehead atoms. The summed E-state index contributed by atoms with van der Waals surface area (Å²) in [5.74, 6) is 0. The van der Waals surface area contributed by atoms with Crippen LogP contribution < -0.4 is 5.32 Å². The highest BCUT2D eigenvalue weighted by atomic mass is 16.5. The number of ether oxygens (including phenoxy) is 1. The molecule has 0 spiro atoms. The minimum absolute atomic E-state index is 0.623. The summed E-state index contributed by atoms with van der Waals surface area (Å²) >= 11 is 0. The van der Waals surface area contributed by atoms with Crippen molar-refractivity contribution >= 4 is 0 Å². The first-order valence-corrected chi connectivity index (χ1v) is 5.62. The van der Waals surface area contributed by atoms with Crippen molar-refractivity contribution in [2.24, 2.45) is 0 Å². The number of rotatable bonds is 9. The summed E-state index contributed by atoms with van der Waals surface area (Å²) in [4.78, 5) is 2.13. The van der Waals surface area contributed by atoms with Crippen molar-refractivity contribution < 1.29 is 4.74 Å². The Hall–Kier alpha value is -0.120. The van der Waals surface area contributed by atoms with Gasteiger partial charge in [0.05, 0.1) is 13.2 Å². The average molecular weight is 202 g/mol. The molecule has 0 saturated heterocycles. The van der Waals surface area contributed by atoms with Crippen LogP contribution in [0.15, 0.2) is 0 Å². The predicted molar refractivity (Wildman–Crippen MR) is 61.7 cm³/mol. The third kappa shape index (κ3) is 9.96. The van der Waals surface area contributed by atoms with Crippen molar-refractivity contribution in [1.82, 2.24) is 10.2 Å². The lowest BCUT2D eigenvalue weighted by atomic mass is 10.2. The van der Waals surface area contributed by atoms with Gasteiger partial charge < -0.3 is 15.0 Å². The summed E-state index contributed by atoms with van der Waals surface area (Å²) < 4.78 is 5.47. The number of hydrogen-bond acceptors (Lipinski definition) is 3. The van der Waals surface area contributed by atoms with Gasteiger partial charge in [-0.05, 0) is 27.4 Å². The maximum Gasteiger partial charge on any atom is 0.0593 e. The van der Waals surface area contributed by atoms with Crippen LogP contribution in [-0.4, -0.2) is 51.3 Å². The Bertz CT molecular complexity index is 118. The Labute approximate surface area is 88.8 Å². The zero-order chi connectivity index (χ0) is 10.8. The van der Waals surface area contributed by atoms with Crippen molar-refractivity contribution in [3.63, 3.8) is 0 Å². The van der Waals surface area contributed by atoms with E-state index in [1.807, 2.05) is 0 Å². The van der Waals surface area contributed by atoms with Crippen molar-refractivity contribution in [3.05, 3.63) is 0 Å². The van der Waals surface area contributed by atoms with Crippen LogP contribution in [0, 0.1) is 0 Å². The second-order valence-electron chi connectivity index (χ2n) is 4.06. The molecule has 1 N–H and O–H groups in total. The molecule has 0 aliphatic carbocycles. The Balaban J connectivity index is 3.05. The number of likely N-dealkylation sites (N-methyl/N-ethyl adjacent to an activating group) is 1. The van der Waals surface area contributed by atoms with E-state index in [0.29, 0.717) is 6.04 Å². The molecule has 3 nitrogen and oxygen atoms in total. The minimum Gasteiger partial charge on any atom is -0.379 e. The van der Waals surface area contributed by atoms with Crippen LogP contribution in [-0.2, 0) is 4.74 Å². The first-order valence-electron chi connectivity index (χ1n) is 5.62. The van der Waals surface area contributed by atoms with Crippen molar-refractivity contribution in [1.29, 1.82) is 0 Å². The molecule has 0 amide bonds. The Morgan fingerprint density at radius 2 is 2.00 bits per heavy atom. The van der Waals surface area contributed by atoms with Crippen molar-refractivity contribution in [3.8, 4) is 0 Å². The normalized spacial score (nSPS) is 13.5. The van der Waals surface area contributed by atoms with Crippen LogP contribution in [0.1, 0.15) is 26.7 Å². The molecule has 0 aromatic heterocycles. The Morgan fingerprint density at radius 1 is 1.29 bits per heavy atom. The largest absolute Gasteiger partial charge is 0.379 e. The molecule has 0 aromatic rings. The third-order valence-corrected chi connectivity index (χ3v) is 2.14. The molecule has 14 heavy (non-hydrogen) atoms. The fraction of sp³-hybridized carbons (Fsp3) is 1.00. The molecule has 86 valence electrons. The van der Waals surface area contributed by atoms with E-state index in [0.717, 1.165) is 26.3 Å². The molecule has 1 atom stereocenters. The van der Waals surface area contributed by atoms with Gasteiger partial charge in [-0.15, -0.1) is 0 Å². The smallest absolute Gasteiger partial charge is 0.0593 e. The maximum absolute atomic E-state index is 5.47. The molecular weight excluding hydrogens is 176 g/mol. The van der Waals surface area contributed by atoms with Crippen LogP contribution in [0.2, 0.25) is 0 Å². The summed E-state index contributed by atoms with van der Waals surface area (Å²) in [5, 5.41) is 3.43. The molecule has 1 unspecified atom stereocenters. The first-order chi connectivity index (χ1) is 6.66. The number of nitrogens with zero attached hydrogens (tertiary/aromatic N) is 1. The summed E-state index contributed by atoms with van der Waals surface area (Å²) in [6.07, 6.45) is 2.49. The summed E-state index contributed by atoms with van der Waals surface area (Å²) in [5.41, 5.74) is 0. The molecule has 0 aliphatic rings. The quantitative estimate of drug-likeness (QED) is 0.571. The van der Waals surface area contributed by atoms with Gasteiger partial charge in [-0.3, -0.25) is 0 Å². The standard InChI is InChI=1S/C11H26N2O/c1-5-6-11(2)12-7-9-14-10-8-13(3)4/h11-12H,5-10H2,1-4H3. The molecule has 0 heterocycles. The fourth-order valence-corrected chi connectivity index (χ4v) is 1.26. The fourth-order valence-electron chi connectivity index (χ4n) is 1.26. The highest BCUT2D eigenvalue weighted by Gasteiger charge is 1.98. The number of hydrogen-bond donors (Lipinski definition) is 1. The van der Waals surface area contributed by atoms with Gasteiger partial charge in [0.2, 0.25) is 0 Å². The SMILES string of the molecule is CCCC(C)NCCOCCN(C)C. The molecule has 0 rings (SSSR count). The van der Waals surface area contributed by atoms with Crippen LogP contribution in [0.25, 0.3) is 0 Å². The zero-order valence-electron chi connectivity index (χ0n) is 10.2. The molecule has 3 heteroatoms. The van der Waals surface area contributed by atoms with Crippen LogP contribution >= 0.6 is 0 Å². The highest BCUT2D eigenvalue weighted by molar-refractivity contribution is 4.58. The van der Waals surface area contributed by atoms with E-state index in [1.165, 1.54) is 12.8 Å². The third-order valence-electron chi connectivity index (χ3n) is 2.14. The average Bonchev–Trinajstić information content (AvgIpc) is 2.11. The van der Waals surface area contributed by atoms with Gasteiger partial charge in [0.15, 0.2) is 0 Å². The second-order valence-corrected chi connectivity index (χ2v) is 4.06. The first kappa shape index (κ1) is 13.9. The predicted octanol–water partition coefficient (Wildman–Crippen LogP) is 1.34. The van der Waals surface area contributed by atoms with Gasteiger partial charge >= 0.3 is 0 Å². The van der Waals surface area contributed by atoms with Crippen LogP contribution in [0.3, 0.4) is 0 Å². The van der Waals surface area contributed by atoms with Crippen LogP contribution in [0.5, 0.6) is 0 Å². The Kier molecular flexibility index (Phi) is 9.35. The van der Waals surface area contributed by atoms with Crippen molar-refractivity contribution in [2.45, 2.75) is 32.7 Å². The summed E-state index contributed by atoms with van der Waals surface area (Å²) in [6.45, 7) is 8.06. The van der Waals surface area contributed by atoms with E-state index < -0.39 is 0 Å². The lowest BCUT2D eigenvalue weighted by molar-refractivity contribution is 0.117. The van der Waals surface area contributed by atoms with E-state index in [9.17, 15) is 0 Å². The molecule has 0 aliphatic heterocycles. The van der Waals surface area contributed by atoms with Gasteiger partial charge in [0.1, 0.15) is 0 Å². The molecular formula is C11H26N2O. The van der Waals surface area contributed by atoms with Crippen molar-refractivity contribution in [2.75, 3.05) is 40.4 Å². The Morgan fingerprint density at radius 3 is 2.57 bits per heavy atom. The van der Waals surface area contributed by atoms with Crippen LogP contribution in [0.4, 0.5) is 0 Å². The second kappa shape index (κ2) is 9.44. The van der Waals surface area contributed by atoms with E-state index in [4.69, 9.17) is 4.74 Å². The van der Waals surface area contributed by atoms with E-state index in [2.05, 4.69) is 38.2 Å². The van der Waals surface area contributed by atoms with E-state index >= 15 is 0 Å². The lowest BCUT2D eigenvalue weighted by Crippen LogP contribution is -2.30. The van der Waals surface area contributed by atoms with Gasteiger partial charge in [-0.1, -0.05) is 13.3 Å². The van der Waals surface area contributed by atoms with Gasteiger partial charge in [0, 0.05) is 19.1 Å². The number of nitrogens with one attached hydrogen (secondary N) is 1.